The first-order chi connectivity index (χ1) is 12.1. The first-order valence-corrected chi connectivity index (χ1v) is 8.23. The van der Waals surface area contributed by atoms with Crippen molar-refractivity contribution in [3.05, 3.63) is 48.4 Å². The number of aliphatic hydroxyl groups excluding tert-OH is 1. The predicted molar refractivity (Wildman–Crippen MR) is 91.1 cm³/mol. The highest BCUT2D eigenvalue weighted by Crippen LogP contribution is 2.21. The summed E-state index contributed by atoms with van der Waals surface area (Å²) < 4.78 is 18.4. The maximum Gasteiger partial charge on any atom is 0.319 e. The van der Waals surface area contributed by atoms with E-state index in [-0.39, 0.29) is 24.0 Å². The van der Waals surface area contributed by atoms with Crippen LogP contribution in [0, 0.1) is 5.82 Å². The molecule has 132 valence electrons. The molecule has 1 fully saturated rings. The molecule has 1 aromatic heterocycles. The van der Waals surface area contributed by atoms with E-state index >= 15 is 0 Å². The number of hydrogen-bond acceptors (Lipinski definition) is 4. The molecule has 0 radical (unpaired) electrons. The summed E-state index contributed by atoms with van der Waals surface area (Å²) >= 11 is 0. The van der Waals surface area contributed by atoms with Gasteiger partial charge in [0.05, 0.1) is 18.0 Å². The van der Waals surface area contributed by atoms with E-state index in [0.717, 1.165) is 12.8 Å². The molecule has 0 spiro atoms. The van der Waals surface area contributed by atoms with Crippen molar-refractivity contribution in [2.45, 2.75) is 37.8 Å². The Balaban J connectivity index is 1.50. The minimum absolute atomic E-state index is 0.0810. The second-order valence-corrected chi connectivity index (χ2v) is 6.05. The van der Waals surface area contributed by atoms with Gasteiger partial charge in [-0.15, -0.1) is 0 Å². The normalized spacial score (nSPS) is 19.9. The van der Waals surface area contributed by atoms with Gasteiger partial charge in [0.1, 0.15) is 11.6 Å². The van der Waals surface area contributed by atoms with Crippen LogP contribution in [0.3, 0.4) is 0 Å². The number of aromatic nitrogens is 1. The Kier molecular flexibility index (Phi) is 5.45. The topological polar surface area (TPSA) is 83.5 Å². The van der Waals surface area contributed by atoms with Crippen molar-refractivity contribution >= 4 is 11.7 Å². The van der Waals surface area contributed by atoms with E-state index < -0.39 is 0 Å². The van der Waals surface area contributed by atoms with Crippen LogP contribution in [0.5, 0.6) is 11.6 Å². The number of ether oxygens (including phenoxy) is 1. The molecule has 2 aromatic rings. The molecule has 25 heavy (non-hydrogen) atoms. The highest BCUT2D eigenvalue weighted by Gasteiger charge is 2.20. The fraction of sp³-hybridized carbons (Fsp3) is 0.333. The lowest BCUT2D eigenvalue weighted by molar-refractivity contribution is 0.118. The van der Waals surface area contributed by atoms with Gasteiger partial charge in [0.2, 0.25) is 5.88 Å². The van der Waals surface area contributed by atoms with E-state index in [4.69, 9.17) is 4.74 Å². The summed E-state index contributed by atoms with van der Waals surface area (Å²) in [7, 11) is 0. The molecule has 3 rings (SSSR count). The summed E-state index contributed by atoms with van der Waals surface area (Å²) in [6.45, 7) is 0. The fourth-order valence-corrected chi connectivity index (χ4v) is 2.71. The molecule has 3 N–H and O–H groups in total. The van der Waals surface area contributed by atoms with Crippen LogP contribution in [0.4, 0.5) is 14.9 Å². The number of benzene rings is 1. The Morgan fingerprint density at radius 3 is 2.48 bits per heavy atom. The van der Waals surface area contributed by atoms with Crippen LogP contribution >= 0.6 is 0 Å². The van der Waals surface area contributed by atoms with Gasteiger partial charge in [-0.2, -0.15) is 0 Å². The van der Waals surface area contributed by atoms with Crippen LogP contribution in [0.15, 0.2) is 42.6 Å². The smallest absolute Gasteiger partial charge is 0.319 e. The van der Waals surface area contributed by atoms with Crippen LogP contribution in [-0.4, -0.2) is 28.3 Å². The number of urea groups is 1. The molecule has 0 saturated heterocycles. The largest absolute Gasteiger partial charge is 0.439 e. The molecule has 1 saturated carbocycles. The molecule has 0 atom stereocenters. The summed E-state index contributed by atoms with van der Waals surface area (Å²) in [5.74, 6) is 0.490. The van der Waals surface area contributed by atoms with Crippen molar-refractivity contribution in [1.29, 1.82) is 0 Å². The summed E-state index contributed by atoms with van der Waals surface area (Å²) in [4.78, 5) is 16.1. The molecule has 1 heterocycles. The number of halogens is 1. The van der Waals surface area contributed by atoms with Gasteiger partial charge in [0.15, 0.2) is 0 Å². The summed E-state index contributed by atoms with van der Waals surface area (Å²) in [5, 5.41) is 15.1. The average molecular weight is 345 g/mol. The maximum atomic E-state index is 12.9. The van der Waals surface area contributed by atoms with Crippen LogP contribution in [0.2, 0.25) is 0 Å². The van der Waals surface area contributed by atoms with Gasteiger partial charge < -0.3 is 20.5 Å². The van der Waals surface area contributed by atoms with Crippen molar-refractivity contribution in [3.63, 3.8) is 0 Å². The van der Waals surface area contributed by atoms with E-state index in [2.05, 4.69) is 15.6 Å². The minimum atomic E-state index is -0.335. The molecule has 2 amide bonds. The lowest BCUT2D eigenvalue weighted by Gasteiger charge is -2.26. The van der Waals surface area contributed by atoms with Crippen LogP contribution in [0.25, 0.3) is 0 Å². The number of carbonyl (C=O) groups is 1. The van der Waals surface area contributed by atoms with Crippen molar-refractivity contribution in [2.75, 3.05) is 5.32 Å². The molecule has 1 aromatic carbocycles. The van der Waals surface area contributed by atoms with Crippen LogP contribution < -0.4 is 15.4 Å². The van der Waals surface area contributed by atoms with E-state index in [9.17, 15) is 14.3 Å². The van der Waals surface area contributed by atoms with Gasteiger partial charge in [-0.25, -0.2) is 14.2 Å². The van der Waals surface area contributed by atoms with Crippen molar-refractivity contribution < 1.29 is 19.0 Å². The van der Waals surface area contributed by atoms with Crippen LogP contribution in [0.1, 0.15) is 25.7 Å². The monoisotopic (exact) mass is 345 g/mol. The maximum absolute atomic E-state index is 12.9. The summed E-state index contributed by atoms with van der Waals surface area (Å²) in [6.07, 6.45) is 4.21. The Morgan fingerprint density at radius 1 is 1.12 bits per heavy atom. The molecule has 7 heteroatoms. The average Bonchev–Trinajstić information content (AvgIpc) is 2.61. The second-order valence-electron chi connectivity index (χ2n) is 6.05. The number of anilines is 1. The third-order valence-corrected chi connectivity index (χ3v) is 4.06. The number of hydrogen-bond donors (Lipinski definition) is 3. The van der Waals surface area contributed by atoms with E-state index in [0.29, 0.717) is 30.2 Å². The zero-order valence-electron chi connectivity index (χ0n) is 13.6. The number of nitrogens with one attached hydrogen (secondary N) is 2. The van der Waals surface area contributed by atoms with Gasteiger partial charge in [0.25, 0.3) is 0 Å². The predicted octanol–water partition coefficient (Wildman–Crippen LogP) is 3.44. The quantitative estimate of drug-likeness (QED) is 0.793. The molecule has 0 bridgehead atoms. The number of carbonyl (C=O) groups excluding carboxylic acids is 1. The lowest BCUT2D eigenvalue weighted by atomic mass is 9.93. The van der Waals surface area contributed by atoms with Crippen LogP contribution in [-0.2, 0) is 0 Å². The van der Waals surface area contributed by atoms with Gasteiger partial charge in [-0.3, -0.25) is 0 Å². The Labute approximate surface area is 145 Å². The van der Waals surface area contributed by atoms with Crippen molar-refractivity contribution in [1.82, 2.24) is 10.3 Å². The van der Waals surface area contributed by atoms with E-state index in [1.807, 2.05) is 0 Å². The third-order valence-electron chi connectivity index (χ3n) is 4.06. The number of rotatable bonds is 4. The third kappa shape index (κ3) is 5.15. The molecular formula is C18H20FN3O3. The number of aliphatic hydroxyl groups is 1. The second kappa shape index (κ2) is 7.94. The SMILES string of the molecule is O=C(Nc1ccc(Oc2ccc(F)cc2)nc1)NC1CCC(O)CC1. The summed E-state index contributed by atoms with van der Waals surface area (Å²) in [6, 6.07) is 8.72. The summed E-state index contributed by atoms with van der Waals surface area (Å²) in [5.41, 5.74) is 0.541. The molecular weight excluding hydrogens is 325 g/mol. The highest BCUT2D eigenvalue weighted by molar-refractivity contribution is 5.89. The molecule has 0 unspecified atom stereocenters. The van der Waals surface area contributed by atoms with E-state index in [1.54, 1.807) is 12.1 Å². The minimum Gasteiger partial charge on any atom is -0.439 e. The van der Waals surface area contributed by atoms with Gasteiger partial charge in [0, 0.05) is 12.1 Å². The fourth-order valence-electron chi connectivity index (χ4n) is 2.71. The molecule has 0 aliphatic heterocycles. The highest BCUT2D eigenvalue weighted by atomic mass is 19.1. The Morgan fingerprint density at radius 2 is 1.84 bits per heavy atom. The zero-order chi connectivity index (χ0) is 17.6. The van der Waals surface area contributed by atoms with Gasteiger partial charge in [-0.05, 0) is 56.0 Å². The standard InChI is InChI=1S/C18H20FN3O3/c19-12-1-8-16(9-2-12)25-17-10-5-14(11-20-17)22-18(24)21-13-3-6-15(23)7-4-13/h1-2,5,8-11,13,15,23H,3-4,6-7H2,(H2,21,22,24). The van der Waals surface area contributed by atoms with Crippen molar-refractivity contribution in [3.8, 4) is 11.6 Å². The first-order valence-electron chi connectivity index (χ1n) is 8.23. The molecule has 1 aliphatic rings. The lowest BCUT2D eigenvalue weighted by Crippen LogP contribution is -2.40. The molecule has 6 nitrogen and oxygen atoms in total. The van der Waals surface area contributed by atoms with Gasteiger partial charge in [-0.1, -0.05) is 0 Å². The number of pyridine rings is 1. The van der Waals surface area contributed by atoms with Crippen molar-refractivity contribution in [2.24, 2.45) is 0 Å². The molecule has 1 aliphatic carbocycles. The Hall–Kier alpha value is -2.67. The van der Waals surface area contributed by atoms with E-state index in [1.165, 1.54) is 30.5 Å². The Bertz CT molecular complexity index is 699. The number of nitrogens with zero attached hydrogens (tertiary/aromatic N) is 1. The number of amides is 2. The zero-order valence-corrected chi connectivity index (χ0v) is 13.6. The first kappa shape index (κ1) is 17.2. The van der Waals surface area contributed by atoms with Gasteiger partial charge >= 0.3 is 6.03 Å².